The molecule has 0 saturated carbocycles. The van der Waals surface area contributed by atoms with Gasteiger partial charge in [-0.2, -0.15) is 4.31 Å². The zero-order chi connectivity index (χ0) is 20.9. The summed E-state index contributed by atoms with van der Waals surface area (Å²) in [4.78, 5) is 12.6. The zero-order valence-electron chi connectivity index (χ0n) is 16.3. The Morgan fingerprint density at radius 3 is 2.62 bits per heavy atom. The molecule has 2 aromatic rings. The monoisotopic (exact) mass is 420 g/mol. The first-order valence-corrected chi connectivity index (χ1v) is 11.0. The zero-order valence-corrected chi connectivity index (χ0v) is 17.1. The number of benzene rings is 2. The lowest BCUT2D eigenvalue weighted by Gasteiger charge is -2.34. The summed E-state index contributed by atoms with van der Waals surface area (Å²) in [6, 6.07) is 11.8. The number of ether oxygens (including phenoxy) is 1. The van der Waals surface area contributed by atoms with Gasteiger partial charge in [0.25, 0.3) is 0 Å². The fourth-order valence-electron chi connectivity index (χ4n) is 3.57. The Morgan fingerprint density at radius 2 is 1.90 bits per heavy atom. The molecule has 6 nitrogen and oxygen atoms in total. The molecular formula is C21H25FN2O4S. The second kappa shape index (κ2) is 9.37. The predicted octanol–water partition coefficient (Wildman–Crippen LogP) is 3.08. The van der Waals surface area contributed by atoms with E-state index in [1.54, 1.807) is 7.11 Å². The molecule has 0 aliphatic carbocycles. The van der Waals surface area contributed by atoms with E-state index in [0.29, 0.717) is 25.3 Å². The molecule has 0 bridgehead atoms. The molecule has 0 unspecified atom stereocenters. The molecule has 1 heterocycles. The van der Waals surface area contributed by atoms with Crippen molar-refractivity contribution < 1.29 is 22.3 Å². The van der Waals surface area contributed by atoms with E-state index in [1.165, 1.54) is 16.4 Å². The van der Waals surface area contributed by atoms with Crippen LogP contribution in [0.1, 0.15) is 31.2 Å². The molecule has 1 fully saturated rings. The second-order valence-electron chi connectivity index (χ2n) is 7.01. The van der Waals surface area contributed by atoms with Crippen LogP contribution in [0.15, 0.2) is 53.4 Å². The van der Waals surface area contributed by atoms with Gasteiger partial charge in [-0.05, 0) is 43.2 Å². The lowest BCUT2D eigenvalue weighted by molar-refractivity contribution is -0.122. The number of piperidine rings is 1. The molecule has 1 aliphatic rings. The van der Waals surface area contributed by atoms with Crippen LogP contribution >= 0.6 is 0 Å². The lowest BCUT2D eigenvalue weighted by Crippen LogP contribution is -2.45. The fourth-order valence-corrected chi connectivity index (χ4v) is 5.26. The van der Waals surface area contributed by atoms with Crippen LogP contribution in [0.5, 0.6) is 5.75 Å². The van der Waals surface area contributed by atoms with E-state index in [2.05, 4.69) is 5.32 Å². The normalized spacial score (nSPS) is 17.7. The second-order valence-corrected chi connectivity index (χ2v) is 8.90. The number of hydrogen-bond donors (Lipinski definition) is 1. The van der Waals surface area contributed by atoms with Gasteiger partial charge in [0.15, 0.2) is 0 Å². The summed E-state index contributed by atoms with van der Waals surface area (Å²) in [5.74, 6) is -0.0250. The third kappa shape index (κ3) is 5.13. The van der Waals surface area contributed by atoms with Gasteiger partial charge in [0.1, 0.15) is 11.6 Å². The van der Waals surface area contributed by atoms with Gasteiger partial charge in [-0.25, -0.2) is 12.8 Å². The lowest BCUT2D eigenvalue weighted by atomic mass is 10.0. The number of para-hydroxylation sites is 1. The average Bonchev–Trinajstić information content (AvgIpc) is 2.73. The molecular weight excluding hydrogens is 395 g/mol. The summed E-state index contributed by atoms with van der Waals surface area (Å²) in [5.41, 5.74) is 0.850. The molecule has 0 spiro atoms. The van der Waals surface area contributed by atoms with Gasteiger partial charge in [0.2, 0.25) is 15.9 Å². The van der Waals surface area contributed by atoms with E-state index < -0.39 is 21.9 Å². The third-order valence-corrected chi connectivity index (χ3v) is 7.05. The molecule has 1 aliphatic heterocycles. The smallest absolute Gasteiger partial charge is 0.243 e. The van der Waals surface area contributed by atoms with E-state index in [4.69, 9.17) is 4.74 Å². The van der Waals surface area contributed by atoms with Gasteiger partial charge in [0.05, 0.1) is 12.0 Å². The summed E-state index contributed by atoms with van der Waals surface area (Å²) >= 11 is 0. The number of rotatable bonds is 7. The number of carbonyl (C=O) groups is 1. The van der Waals surface area contributed by atoms with Crippen LogP contribution in [0.2, 0.25) is 0 Å². The van der Waals surface area contributed by atoms with Crippen LogP contribution in [-0.2, 0) is 21.4 Å². The van der Waals surface area contributed by atoms with Gasteiger partial charge < -0.3 is 10.1 Å². The van der Waals surface area contributed by atoms with E-state index in [9.17, 15) is 17.6 Å². The third-order valence-electron chi connectivity index (χ3n) is 5.08. The van der Waals surface area contributed by atoms with Crippen molar-refractivity contribution in [1.82, 2.24) is 9.62 Å². The van der Waals surface area contributed by atoms with E-state index in [-0.39, 0.29) is 17.2 Å². The summed E-state index contributed by atoms with van der Waals surface area (Å²) in [5, 5.41) is 2.85. The van der Waals surface area contributed by atoms with Crippen LogP contribution < -0.4 is 10.1 Å². The molecule has 1 N–H and O–H groups in total. The molecule has 8 heteroatoms. The Morgan fingerprint density at radius 1 is 1.17 bits per heavy atom. The van der Waals surface area contributed by atoms with Crippen LogP contribution in [0.4, 0.5) is 4.39 Å². The largest absolute Gasteiger partial charge is 0.496 e. The Labute approximate surface area is 170 Å². The highest BCUT2D eigenvalue weighted by Gasteiger charge is 2.34. The van der Waals surface area contributed by atoms with Crippen LogP contribution in [0.25, 0.3) is 0 Å². The van der Waals surface area contributed by atoms with Crippen molar-refractivity contribution >= 4 is 15.9 Å². The van der Waals surface area contributed by atoms with Gasteiger partial charge in [0, 0.05) is 31.1 Å². The van der Waals surface area contributed by atoms with Gasteiger partial charge in [-0.3, -0.25) is 4.79 Å². The molecule has 1 atom stereocenters. The van der Waals surface area contributed by atoms with Crippen LogP contribution in [0.3, 0.4) is 0 Å². The molecule has 3 rings (SSSR count). The molecule has 0 aromatic heterocycles. The highest BCUT2D eigenvalue weighted by molar-refractivity contribution is 7.89. The van der Waals surface area contributed by atoms with Crippen molar-refractivity contribution in [1.29, 1.82) is 0 Å². The van der Waals surface area contributed by atoms with Gasteiger partial charge in [-0.15, -0.1) is 0 Å². The number of sulfonamides is 1. The number of amides is 1. The Bertz CT molecular complexity index is 947. The summed E-state index contributed by atoms with van der Waals surface area (Å²) < 4.78 is 45.9. The molecule has 0 radical (unpaired) electrons. The van der Waals surface area contributed by atoms with Crippen molar-refractivity contribution in [3.05, 3.63) is 59.9 Å². The fraction of sp³-hybridized carbons (Fsp3) is 0.381. The first-order chi connectivity index (χ1) is 13.9. The predicted molar refractivity (Wildman–Crippen MR) is 107 cm³/mol. The average molecular weight is 421 g/mol. The van der Waals surface area contributed by atoms with E-state index in [0.717, 1.165) is 30.5 Å². The molecule has 1 amide bonds. The molecule has 156 valence electrons. The SMILES string of the molecule is COc1ccccc1CNC(=O)C[C@H]1CCCCN1S(=O)(=O)c1ccc(F)cc1. The quantitative estimate of drug-likeness (QED) is 0.747. The number of nitrogens with zero attached hydrogens (tertiary/aromatic N) is 1. The minimum Gasteiger partial charge on any atom is -0.496 e. The number of nitrogens with one attached hydrogen (secondary N) is 1. The standard InChI is InChI=1S/C21H25FN2O4S/c1-28-20-8-3-2-6-16(20)15-23-21(25)14-18-7-4-5-13-24(18)29(26,27)19-11-9-17(22)10-12-19/h2-3,6,8-12,18H,4-5,7,13-15H2,1H3,(H,23,25)/t18-/m1/s1. The maximum Gasteiger partial charge on any atom is 0.243 e. The molecule has 2 aromatic carbocycles. The Kier molecular flexibility index (Phi) is 6.87. The maximum absolute atomic E-state index is 13.2. The summed E-state index contributed by atoms with van der Waals surface area (Å²) in [6.45, 7) is 0.657. The highest BCUT2D eigenvalue weighted by Crippen LogP contribution is 2.27. The van der Waals surface area contributed by atoms with E-state index >= 15 is 0 Å². The van der Waals surface area contributed by atoms with Crippen molar-refractivity contribution in [2.24, 2.45) is 0 Å². The minimum absolute atomic E-state index is 0.0419. The number of halogens is 1. The molecule has 29 heavy (non-hydrogen) atoms. The summed E-state index contributed by atoms with van der Waals surface area (Å²) in [6.07, 6.45) is 2.29. The number of hydrogen-bond acceptors (Lipinski definition) is 4. The first-order valence-electron chi connectivity index (χ1n) is 9.58. The van der Waals surface area contributed by atoms with Gasteiger partial charge >= 0.3 is 0 Å². The maximum atomic E-state index is 13.2. The minimum atomic E-state index is -3.78. The van der Waals surface area contributed by atoms with Crippen LogP contribution in [-0.4, -0.2) is 38.3 Å². The van der Waals surface area contributed by atoms with Crippen molar-refractivity contribution in [2.75, 3.05) is 13.7 Å². The number of carbonyl (C=O) groups excluding carboxylic acids is 1. The van der Waals surface area contributed by atoms with Gasteiger partial charge in [-0.1, -0.05) is 24.6 Å². The van der Waals surface area contributed by atoms with Crippen LogP contribution in [0, 0.1) is 5.82 Å². The molecule has 1 saturated heterocycles. The highest BCUT2D eigenvalue weighted by atomic mass is 32.2. The number of methoxy groups -OCH3 is 1. The van der Waals surface area contributed by atoms with Crippen molar-refractivity contribution in [2.45, 2.75) is 43.2 Å². The first kappa shape index (κ1) is 21.3. The Balaban J connectivity index is 1.68. The van der Waals surface area contributed by atoms with Crippen molar-refractivity contribution in [3.63, 3.8) is 0 Å². The summed E-state index contributed by atoms with van der Waals surface area (Å²) in [7, 11) is -2.21. The van der Waals surface area contributed by atoms with Crippen molar-refractivity contribution in [3.8, 4) is 5.75 Å². The van der Waals surface area contributed by atoms with E-state index in [1.807, 2.05) is 24.3 Å². The Hall–Kier alpha value is -2.45. The topological polar surface area (TPSA) is 75.7 Å².